The normalized spacial score (nSPS) is 15.5. The molecule has 0 aromatic heterocycles. The van der Waals surface area contributed by atoms with Crippen LogP contribution in [0.4, 0.5) is 0 Å². The molecule has 2 rings (SSSR count). The van der Waals surface area contributed by atoms with E-state index in [4.69, 9.17) is 4.74 Å². The molecule has 3 heteroatoms. The third-order valence-electron chi connectivity index (χ3n) is 2.32. The largest absolute Gasteiger partial charge is 0.493 e. The minimum atomic E-state index is 0.797. The van der Waals surface area contributed by atoms with E-state index in [-0.39, 0.29) is 0 Å². The van der Waals surface area contributed by atoms with Crippen LogP contribution < -0.4 is 4.74 Å². The van der Waals surface area contributed by atoms with E-state index in [1.54, 1.807) is 5.41 Å². The Bertz CT molecular complexity index is 424. The fourth-order valence-electron chi connectivity index (χ4n) is 1.50. The van der Waals surface area contributed by atoms with E-state index in [0.29, 0.717) is 0 Å². The van der Waals surface area contributed by atoms with Crippen LogP contribution in [0.3, 0.4) is 0 Å². The molecular formula is C12H13NOS. The molecule has 0 fully saturated rings. The Labute approximate surface area is 95.1 Å². The number of rotatable bonds is 2. The van der Waals surface area contributed by atoms with E-state index < -0.39 is 0 Å². The maximum absolute atomic E-state index is 5.43. The Kier molecular flexibility index (Phi) is 3.11. The van der Waals surface area contributed by atoms with E-state index >= 15 is 0 Å². The molecule has 0 saturated heterocycles. The average Bonchev–Trinajstić information content (AvgIpc) is 2.72. The van der Waals surface area contributed by atoms with E-state index in [2.05, 4.69) is 23.7 Å². The fourth-order valence-corrected chi connectivity index (χ4v) is 1.56. The summed E-state index contributed by atoms with van der Waals surface area (Å²) in [6, 6.07) is 6.14. The maximum atomic E-state index is 5.43. The molecule has 2 nitrogen and oxygen atoms in total. The van der Waals surface area contributed by atoms with Gasteiger partial charge in [-0.25, -0.2) is 0 Å². The number of hydrogen-bond acceptors (Lipinski definition) is 3. The highest BCUT2D eigenvalue weighted by Crippen LogP contribution is 2.25. The summed E-state index contributed by atoms with van der Waals surface area (Å²) in [4.78, 5) is 4.26. The van der Waals surface area contributed by atoms with Crippen LogP contribution in [0.1, 0.15) is 18.1 Å². The van der Waals surface area contributed by atoms with E-state index in [0.717, 1.165) is 30.0 Å². The first-order valence-corrected chi connectivity index (χ1v) is 5.42. The molecule has 1 aromatic rings. The van der Waals surface area contributed by atoms with Crippen molar-refractivity contribution in [1.82, 2.24) is 0 Å². The lowest BCUT2D eigenvalue weighted by Gasteiger charge is -1.99. The summed E-state index contributed by atoms with van der Waals surface area (Å²) < 4.78 is 5.43. The molecular weight excluding hydrogens is 206 g/mol. The lowest BCUT2D eigenvalue weighted by Crippen LogP contribution is -1.85. The first kappa shape index (κ1) is 10.3. The van der Waals surface area contributed by atoms with Crippen LogP contribution in [0.5, 0.6) is 5.75 Å². The Morgan fingerprint density at radius 2 is 2.40 bits per heavy atom. The second kappa shape index (κ2) is 4.53. The fraction of sp³-hybridized carbons (Fsp3) is 0.250. The highest BCUT2D eigenvalue weighted by atomic mass is 32.1. The van der Waals surface area contributed by atoms with Gasteiger partial charge >= 0.3 is 0 Å². The van der Waals surface area contributed by atoms with Gasteiger partial charge in [-0.3, -0.25) is 4.99 Å². The number of allylic oxidation sites excluding steroid dienone is 1. The van der Waals surface area contributed by atoms with Gasteiger partial charge in [0.15, 0.2) is 0 Å². The van der Waals surface area contributed by atoms with Gasteiger partial charge in [0.2, 0.25) is 0 Å². The van der Waals surface area contributed by atoms with Crippen LogP contribution >= 0.6 is 12.6 Å². The highest BCUT2D eigenvalue weighted by Gasteiger charge is 2.10. The van der Waals surface area contributed by atoms with Crippen molar-refractivity contribution in [2.75, 3.05) is 6.61 Å². The Balaban J connectivity index is 2.20. The number of hydrogen-bond donors (Lipinski definition) is 1. The van der Waals surface area contributed by atoms with Gasteiger partial charge in [0.1, 0.15) is 5.75 Å². The highest BCUT2D eigenvalue weighted by molar-refractivity contribution is 7.83. The molecule has 0 saturated carbocycles. The van der Waals surface area contributed by atoms with Crippen molar-refractivity contribution in [2.45, 2.75) is 13.3 Å². The van der Waals surface area contributed by atoms with Crippen molar-refractivity contribution in [3.05, 3.63) is 40.4 Å². The molecule has 0 amide bonds. The van der Waals surface area contributed by atoms with Crippen LogP contribution in [0.15, 0.2) is 34.3 Å². The van der Waals surface area contributed by atoms with Crippen molar-refractivity contribution >= 4 is 18.8 Å². The third-order valence-corrected chi connectivity index (χ3v) is 2.69. The first-order valence-electron chi connectivity index (χ1n) is 4.90. The molecule has 0 radical (unpaired) electrons. The van der Waals surface area contributed by atoms with Crippen molar-refractivity contribution in [3.63, 3.8) is 0 Å². The minimum Gasteiger partial charge on any atom is -0.493 e. The van der Waals surface area contributed by atoms with Crippen molar-refractivity contribution in [3.8, 4) is 5.75 Å². The summed E-state index contributed by atoms with van der Waals surface area (Å²) in [5.74, 6) is 1.01. The van der Waals surface area contributed by atoms with Crippen LogP contribution in [0, 0.1) is 0 Å². The van der Waals surface area contributed by atoms with Crippen LogP contribution in [0.25, 0.3) is 0 Å². The zero-order valence-corrected chi connectivity index (χ0v) is 9.50. The summed E-state index contributed by atoms with van der Waals surface area (Å²) in [6.07, 6.45) is 2.85. The Morgan fingerprint density at radius 3 is 3.20 bits per heavy atom. The number of thiol groups is 1. The second-order valence-corrected chi connectivity index (χ2v) is 3.75. The Hall–Kier alpha value is -1.22. The van der Waals surface area contributed by atoms with Crippen LogP contribution in [-0.4, -0.2) is 12.8 Å². The van der Waals surface area contributed by atoms with Gasteiger partial charge < -0.3 is 4.74 Å². The van der Waals surface area contributed by atoms with Crippen molar-refractivity contribution < 1.29 is 4.74 Å². The first-order chi connectivity index (χ1) is 7.29. The SMILES string of the molecule is C/C(=C/S)N=Cc1ccc2c(c1)CCO2. The number of fused-ring (bicyclic) bond motifs is 1. The smallest absolute Gasteiger partial charge is 0.122 e. The molecule has 78 valence electrons. The minimum absolute atomic E-state index is 0.797. The zero-order valence-electron chi connectivity index (χ0n) is 8.60. The van der Waals surface area contributed by atoms with Crippen molar-refractivity contribution in [1.29, 1.82) is 0 Å². The monoisotopic (exact) mass is 219 g/mol. The lowest BCUT2D eigenvalue weighted by molar-refractivity contribution is 0.357. The number of nitrogens with zero attached hydrogens (tertiary/aromatic N) is 1. The summed E-state index contributed by atoms with van der Waals surface area (Å²) in [5.41, 5.74) is 3.27. The number of aliphatic imine (C=N–C) groups is 1. The molecule has 1 aliphatic heterocycles. The molecule has 0 unspecified atom stereocenters. The predicted molar refractivity (Wildman–Crippen MR) is 66.0 cm³/mol. The summed E-state index contributed by atoms with van der Waals surface area (Å²) in [6.45, 7) is 2.71. The van der Waals surface area contributed by atoms with E-state index in [1.165, 1.54) is 5.56 Å². The number of benzene rings is 1. The molecule has 0 spiro atoms. The lowest BCUT2D eigenvalue weighted by atomic mass is 10.1. The average molecular weight is 219 g/mol. The van der Waals surface area contributed by atoms with Gasteiger partial charge in [0, 0.05) is 18.3 Å². The second-order valence-electron chi connectivity index (χ2n) is 3.49. The summed E-state index contributed by atoms with van der Waals surface area (Å²) in [5, 5.41) is 1.69. The molecule has 1 aliphatic rings. The molecule has 1 aromatic carbocycles. The van der Waals surface area contributed by atoms with Gasteiger partial charge in [-0.2, -0.15) is 0 Å². The van der Waals surface area contributed by atoms with Crippen molar-refractivity contribution in [2.24, 2.45) is 4.99 Å². The molecule has 15 heavy (non-hydrogen) atoms. The van der Waals surface area contributed by atoms with Gasteiger partial charge in [-0.15, -0.1) is 12.6 Å². The van der Waals surface area contributed by atoms with Crippen LogP contribution in [-0.2, 0) is 6.42 Å². The summed E-state index contributed by atoms with van der Waals surface area (Å²) >= 11 is 4.03. The Morgan fingerprint density at radius 1 is 1.53 bits per heavy atom. The topological polar surface area (TPSA) is 21.6 Å². The van der Waals surface area contributed by atoms with Gasteiger partial charge in [0.05, 0.1) is 6.61 Å². The van der Waals surface area contributed by atoms with E-state index in [9.17, 15) is 0 Å². The molecule has 0 aliphatic carbocycles. The third kappa shape index (κ3) is 2.42. The quantitative estimate of drug-likeness (QED) is 0.599. The van der Waals surface area contributed by atoms with E-state index in [1.807, 2.05) is 25.3 Å². The molecule has 0 atom stereocenters. The standard InChI is InChI=1S/C12H13NOS/c1-9(8-15)13-7-10-2-3-12-11(6-10)4-5-14-12/h2-3,6-8,15H,4-5H2,1H3/b9-8-,13-7?. The van der Waals surface area contributed by atoms with Gasteiger partial charge in [0.25, 0.3) is 0 Å². The van der Waals surface area contributed by atoms with Gasteiger partial charge in [-0.1, -0.05) is 0 Å². The van der Waals surface area contributed by atoms with Crippen LogP contribution in [0.2, 0.25) is 0 Å². The molecule has 1 heterocycles. The molecule has 0 bridgehead atoms. The van der Waals surface area contributed by atoms with Gasteiger partial charge in [-0.05, 0) is 41.7 Å². The predicted octanol–water partition coefficient (Wildman–Crippen LogP) is 2.83. The zero-order chi connectivity index (χ0) is 10.7. The number of ether oxygens (including phenoxy) is 1. The maximum Gasteiger partial charge on any atom is 0.122 e. The summed E-state index contributed by atoms with van der Waals surface area (Å²) in [7, 11) is 0. The molecule has 0 N–H and O–H groups in total.